The Labute approximate surface area is 82.0 Å². The molecule has 0 aromatic rings. The Hall–Kier alpha value is -0.0800. The SMILES string of the molecule is CCOC1CC(NC(C)C(C)C)C1. The summed E-state index contributed by atoms with van der Waals surface area (Å²) in [5, 5.41) is 3.62. The topological polar surface area (TPSA) is 21.3 Å². The van der Waals surface area contributed by atoms with E-state index in [4.69, 9.17) is 4.74 Å². The minimum absolute atomic E-state index is 0.530. The van der Waals surface area contributed by atoms with Crippen LogP contribution >= 0.6 is 0 Å². The molecule has 0 spiro atoms. The van der Waals surface area contributed by atoms with Gasteiger partial charge in [0.25, 0.3) is 0 Å². The van der Waals surface area contributed by atoms with Gasteiger partial charge in [-0.3, -0.25) is 0 Å². The average Bonchev–Trinajstić information content (AvgIpc) is 2.00. The largest absolute Gasteiger partial charge is 0.378 e. The fourth-order valence-electron chi connectivity index (χ4n) is 1.64. The standard InChI is InChI=1S/C11H23NO/c1-5-13-11-6-10(7-11)12-9(4)8(2)3/h8-12H,5-7H2,1-4H3. The van der Waals surface area contributed by atoms with Crippen molar-refractivity contribution in [3.8, 4) is 0 Å². The maximum absolute atomic E-state index is 5.51. The Morgan fingerprint density at radius 3 is 2.38 bits per heavy atom. The maximum atomic E-state index is 5.51. The van der Waals surface area contributed by atoms with Crippen molar-refractivity contribution in [1.82, 2.24) is 5.32 Å². The molecular weight excluding hydrogens is 162 g/mol. The van der Waals surface area contributed by atoms with Crippen molar-refractivity contribution in [1.29, 1.82) is 0 Å². The molecule has 1 N–H and O–H groups in total. The van der Waals surface area contributed by atoms with Crippen LogP contribution in [0.25, 0.3) is 0 Å². The van der Waals surface area contributed by atoms with Gasteiger partial charge in [0, 0.05) is 18.7 Å². The van der Waals surface area contributed by atoms with E-state index in [1.807, 2.05) is 0 Å². The second-order valence-electron chi connectivity index (χ2n) is 4.45. The first-order valence-corrected chi connectivity index (χ1v) is 5.51. The average molecular weight is 185 g/mol. The highest BCUT2D eigenvalue weighted by Crippen LogP contribution is 2.24. The lowest BCUT2D eigenvalue weighted by Gasteiger charge is -2.38. The molecule has 0 aromatic heterocycles. The molecule has 2 heteroatoms. The molecule has 0 heterocycles. The van der Waals surface area contributed by atoms with Gasteiger partial charge >= 0.3 is 0 Å². The highest BCUT2D eigenvalue weighted by Gasteiger charge is 2.30. The van der Waals surface area contributed by atoms with Gasteiger partial charge in [0.05, 0.1) is 6.10 Å². The second-order valence-corrected chi connectivity index (χ2v) is 4.45. The van der Waals surface area contributed by atoms with Crippen LogP contribution in [-0.4, -0.2) is 24.8 Å². The van der Waals surface area contributed by atoms with Crippen molar-refractivity contribution in [2.75, 3.05) is 6.61 Å². The molecule has 78 valence electrons. The molecule has 0 amide bonds. The van der Waals surface area contributed by atoms with Gasteiger partial charge in [-0.25, -0.2) is 0 Å². The zero-order valence-electron chi connectivity index (χ0n) is 9.34. The van der Waals surface area contributed by atoms with Gasteiger partial charge in [-0.05, 0) is 32.6 Å². The van der Waals surface area contributed by atoms with Gasteiger partial charge < -0.3 is 10.1 Å². The molecule has 0 bridgehead atoms. The normalized spacial score (nSPS) is 30.2. The number of nitrogens with one attached hydrogen (secondary N) is 1. The molecule has 1 saturated carbocycles. The van der Waals surface area contributed by atoms with Crippen molar-refractivity contribution in [2.45, 2.75) is 58.7 Å². The van der Waals surface area contributed by atoms with Crippen LogP contribution in [0.3, 0.4) is 0 Å². The van der Waals surface area contributed by atoms with Crippen molar-refractivity contribution >= 4 is 0 Å². The van der Waals surface area contributed by atoms with Gasteiger partial charge in [0.15, 0.2) is 0 Å². The quantitative estimate of drug-likeness (QED) is 0.709. The van der Waals surface area contributed by atoms with E-state index in [-0.39, 0.29) is 0 Å². The fraction of sp³-hybridized carbons (Fsp3) is 1.00. The lowest BCUT2D eigenvalue weighted by Crippen LogP contribution is -2.49. The minimum atomic E-state index is 0.530. The second kappa shape index (κ2) is 4.97. The van der Waals surface area contributed by atoms with Crippen LogP contribution in [0.15, 0.2) is 0 Å². The Kier molecular flexibility index (Phi) is 4.20. The molecule has 0 radical (unpaired) electrons. The van der Waals surface area contributed by atoms with E-state index in [0.717, 1.165) is 12.5 Å². The molecule has 0 saturated heterocycles. The summed E-state index contributed by atoms with van der Waals surface area (Å²) in [6.07, 6.45) is 2.93. The summed E-state index contributed by atoms with van der Waals surface area (Å²) in [5.41, 5.74) is 0. The smallest absolute Gasteiger partial charge is 0.0604 e. The van der Waals surface area contributed by atoms with Crippen LogP contribution in [0.5, 0.6) is 0 Å². The summed E-state index contributed by atoms with van der Waals surface area (Å²) in [6, 6.07) is 1.33. The summed E-state index contributed by atoms with van der Waals surface area (Å²) in [6.45, 7) is 9.71. The zero-order valence-corrected chi connectivity index (χ0v) is 9.34. The molecule has 1 fully saturated rings. The molecule has 1 aliphatic carbocycles. The first-order chi connectivity index (χ1) is 6.13. The molecule has 0 aliphatic heterocycles. The van der Waals surface area contributed by atoms with Crippen molar-refractivity contribution in [2.24, 2.45) is 5.92 Å². The van der Waals surface area contributed by atoms with Gasteiger partial charge in [-0.2, -0.15) is 0 Å². The van der Waals surface area contributed by atoms with Gasteiger partial charge in [0.1, 0.15) is 0 Å². The van der Waals surface area contributed by atoms with Crippen LogP contribution in [0.1, 0.15) is 40.5 Å². The highest BCUT2D eigenvalue weighted by atomic mass is 16.5. The summed E-state index contributed by atoms with van der Waals surface area (Å²) >= 11 is 0. The Morgan fingerprint density at radius 2 is 1.92 bits per heavy atom. The molecule has 13 heavy (non-hydrogen) atoms. The molecule has 0 aromatic carbocycles. The molecular formula is C11H23NO. The molecule has 1 unspecified atom stereocenters. The van der Waals surface area contributed by atoms with Crippen LogP contribution in [0, 0.1) is 5.92 Å². The lowest BCUT2D eigenvalue weighted by molar-refractivity contribution is -0.0131. The van der Waals surface area contributed by atoms with Crippen molar-refractivity contribution < 1.29 is 4.74 Å². The van der Waals surface area contributed by atoms with Gasteiger partial charge in [0.2, 0.25) is 0 Å². The van der Waals surface area contributed by atoms with E-state index in [2.05, 4.69) is 33.0 Å². The predicted molar refractivity (Wildman–Crippen MR) is 55.9 cm³/mol. The monoisotopic (exact) mass is 185 g/mol. The number of hydrogen-bond donors (Lipinski definition) is 1. The number of rotatable bonds is 5. The predicted octanol–water partition coefficient (Wildman–Crippen LogP) is 2.19. The van der Waals surface area contributed by atoms with Crippen LogP contribution in [0.2, 0.25) is 0 Å². The molecule has 1 rings (SSSR count). The highest BCUT2D eigenvalue weighted by molar-refractivity contribution is 4.87. The van der Waals surface area contributed by atoms with E-state index in [1.54, 1.807) is 0 Å². The molecule has 1 aliphatic rings. The van der Waals surface area contributed by atoms with E-state index in [1.165, 1.54) is 12.8 Å². The Bertz CT molecular complexity index is 141. The van der Waals surface area contributed by atoms with Crippen molar-refractivity contribution in [3.05, 3.63) is 0 Å². The van der Waals surface area contributed by atoms with Crippen LogP contribution in [-0.2, 0) is 4.74 Å². The third kappa shape index (κ3) is 3.28. The zero-order chi connectivity index (χ0) is 9.84. The Morgan fingerprint density at radius 1 is 1.31 bits per heavy atom. The van der Waals surface area contributed by atoms with E-state index in [9.17, 15) is 0 Å². The minimum Gasteiger partial charge on any atom is -0.378 e. The fourth-order valence-corrected chi connectivity index (χ4v) is 1.64. The summed E-state index contributed by atoms with van der Waals surface area (Å²) in [5.74, 6) is 0.728. The lowest BCUT2D eigenvalue weighted by atomic mass is 9.88. The van der Waals surface area contributed by atoms with Gasteiger partial charge in [-0.15, -0.1) is 0 Å². The van der Waals surface area contributed by atoms with E-state index >= 15 is 0 Å². The van der Waals surface area contributed by atoms with E-state index in [0.29, 0.717) is 18.2 Å². The third-order valence-electron chi connectivity index (χ3n) is 3.00. The number of hydrogen-bond acceptors (Lipinski definition) is 2. The summed E-state index contributed by atoms with van der Waals surface area (Å²) in [7, 11) is 0. The Balaban J connectivity index is 2.07. The van der Waals surface area contributed by atoms with Crippen molar-refractivity contribution in [3.63, 3.8) is 0 Å². The molecule has 2 nitrogen and oxygen atoms in total. The first-order valence-electron chi connectivity index (χ1n) is 5.51. The molecule has 1 atom stereocenters. The van der Waals surface area contributed by atoms with Gasteiger partial charge in [-0.1, -0.05) is 13.8 Å². The first kappa shape index (κ1) is 11.0. The maximum Gasteiger partial charge on any atom is 0.0604 e. The summed E-state index contributed by atoms with van der Waals surface area (Å²) in [4.78, 5) is 0. The third-order valence-corrected chi connectivity index (χ3v) is 3.00. The summed E-state index contributed by atoms with van der Waals surface area (Å²) < 4.78 is 5.51. The number of ether oxygens (including phenoxy) is 1. The van der Waals surface area contributed by atoms with E-state index < -0.39 is 0 Å². The van der Waals surface area contributed by atoms with Crippen LogP contribution in [0.4, 0.5) is 0 Å². The van der Waals surface area contributed by atoms with Crippen LogP contribution < -0.4 is 5.32 Å².